The highest BCUT2D eigenvalue weighted by molar-refractivity contribution is 6.20. The van der Waals surface area contributed by atoms with Crippen molar-refractivity contribution < 1.29 is 0 Å². The number of rotatable bonds is 3. The Morgan fingerprint density at radius 2 is 2.11 bits per heavy atom. The molecule has 1 atom stereocenters. The molecule has 3 nitrogen and oxygen atoms in total. The Labute approximate surface area is 117 Å². The number of benzene rings is 1. The van der Waals surface area contributed by atoms with Crippen molar-refractivity contribution >= 4 is 22.5 Å². The predicted octanol–water partition coefficient (Wildman–Crippen LogP) is 3.50. The second-order valence-corrected chi connectivity index (χ2v) is 6.46. The third-order valence-electron chi connectivity index (χ3n) is 3.89. The maximum Gasteiger partial charge on any atom is 0.261 e. The summed E-state index contributed by atoms with van der Waals surface area (Å²) in [5.41, 5.74) is 1.00. The minimum Gasteiger partial charge on any atom is -0.294 e. The topological polar surface area (TPSA) is 34.9 Å². The fourth-order valence-corrected chi connectivity index (χ4v) is 2.56. The van der Waals surface area contributed by atoms with E-state index in [-0.39, 0.29) is 16.4 Å². The fourth-order valence-electron chi connectivity index (χ4n) is 2.39. The summed E-state index contributed by atoms with van der Waals surface area (Å²) in [6.45, 7) is 4.79. The molecule has 0 aliphatic heterocycles. The van der Waals surface area contributed by atoms with Crippen molar-refractivity contribution in [3.63, 3.8) is 0 Å². The lowest BCUT2D eigenvalue weighted by Crippen LogP contribution is -2.28. The fraction of sp³-hybridized carbons (Fsp3) is 0.467. The van der Waals surface area contributed by atoms with E-state index in [4.69, 9.17) is 11.6 Å². The zero-order valence-electron chi connectivity index (χ0n) is 11.2. The first-order valence-electron chi connectivity index (χ1n) is 6.64. The van der Waals surface area contributed by atoms with Crippen LogP contribution in [0.2, 0.25) is 0 Å². The van der Waals surface area contributed by atoms with Crippen molar-refractivity contribution in [1.82, 2.24) is 9.55 Å². The number of hydrogen-bond donors (Lipinski definition) is 0. The van der Waals surface area contributed by atoms with Crippen LogP contribution in [-0.2, 0) is 6.54 Å². The van der Waals surface area contributed by atoms with Gasteiger partial charge in [-0.3, -0.25) is 9.36 Å². The third-order valence-corrected chi connectivity index (χ3v) is 4.09. The summed E-state index contributed by atoms with van der Waals surface area (Å²) in [7, 11) is 0. The number of nitrogens with zero attached hydrogens (tertiary/aromatic N) is 2. The SMILES string of the molecule is CC(Cl)c1nc2ccccc2c(=O)n1CC1(C)CC1. The average Bonchev–Trinajstić information content (AvgIpc) is 3.10. The number of halogens is 1. The second kappa shape index (κ2) is 4.34. The highest BCUT2D eigenvalue weighted by Gasteiger charge is 2.38. The first-order valence-corrected chi connectivity index (χ1v) is 7.07. The first-order chi connectivity index (χ1) is 9.00. The van der Waals surface area contributed by atoms with E-state index in [2.05, 4.69) is 11.9 Å². The normalized spacial score (nSPS) is 18.5. The monoisotopic (exact) mass is 276 g/mol. The lowest BCUT2D eigenvalue weighted by molar-refractivity contribution is 0.439. The second-order valence-electron chi connectivity index (χ2n) is 5.81. The highest BCUT2D eigenvalue weighted by atomic mass is 35.5. The summed E-state index contributed by atoms with van der Waals surface area (Å²) in [5.74, 6) is 0.679. The molecular formula is C15H17ClN2O. The molecule has 1 saturated carbocycles. The summed E-state index contributed by atoms with van der Waals surface area (Å²) < 4.78 is 1.77. The molecule has 3 rings (SSSR count). The van der Waals surface area contributed by atoms with Crippen LogP contribution in [0, 0.1) is 5.41 Å². The van der Waals surface area contributed by atoms with Gasteiger partial charge < -0.3 is 0 Å². The average molecular weight is 277 g/mol. The zero-order chi connectivity index (χ0) is 13.6. The maximum absolute atomic E-state index is 12.6. The standard InChI is InChI=1S/C15H17ClN2O/c1-10(16)13-17-12-6-4-3-5-11(12)14(19)18(13)9-15(2)7-8-15/h3-6,10H,7-9H2,1-2H3. The van der Waals surface area contributed by atoms with Gasteiger partial charge >= 0.3 is 0 Å². The first kappa shape index (κ1) is 12.7. The van der Waals surface area contributed by atoms with E-state index in [0.717, 1.165) is 12.1 Å². The summed E-state index contributed by atoms with van der Waals surface area (Å²) in [6, 6.07) is 7.46. The van der Waals surface area contributed by atoms with Crippen molar-refractivity contribution in [3.8, 4) is 0 Å². The van der Waals surface area contributed by atoms with Crippen molar-refractivity contribution in [1.29, 1.82) is 0 Å². The smallest absolute Gasteiger partial charge is 0.261 e. The van der Waals surface area contributed by atoms with E-state index in [0.29, 0.717) is 11.2 Å². The minimum atomic E-state index is -0.264. The molecule has 1 unspecified atom stereocenters. The molecule has 1 aromatic heterocycles. The molecule has 2 aromatic rings. The van der Waals surface area contributed by atoms with Crippen molar-refractivity contribution in [2.24, 2.45) is 5.41 Å². The molecule has 1 fully saturated rings. The molecule has 1 aromatic carbocycles. The molecule has 0 spiro atoms. The van der Waals surface area contributed by atoms with Crippen LogP contribution in [0.4, 0.5) is 0 Å². The quantitative estimate of drug-likeness (QED) is 0.804. The Kier molecular flexibility index (Phi) is 2.90. The largest absolute Gasteiger partial charge is 0.294 e. The summed E-state index contributed by atoms with van der Waals surface area (Å²) in [4.78, 5) is 17.2. The molecule has 0 saturated heterocycles. The molecule has 100 valence electrons. The maximum atomic E-state index is 12.6. The van der Waals surface area contributed by atoms with Crippen LogP contribution in [0.5, 0.6) is 0 Å². The molecule has 1 heterocycles. The van der Waals surface area contributed by atoms with Gasteiger partial charge in [0, 0.05) is 6.54 Å². The Bertz CT molecular complexity index is 686. The van der Waals surface area contributed by atoms with Crippen molar-refractivity contribution in [2.45, 2.75) is 38.6 Å². The minimum absolute atomic E-state index is 0.0289. The Hall–Kier alpha value is -1.35. The van der Waals surface area contributed by atoms with Gasteiger partial charge in [-0.25, -0.2) is 4.98 Å². The van der Waals surface area contributed by atoms with Crippen LogP contribution >= 0.6 is 11.6 Å². The summed E-state index contributed by atoms with van der Waals surface area (Å²) in [5, 5.41) is 0.410. The number of aromatic nitrogens is 2. The molecule has 19 heavy (non-hydrogen) atoms. The molecule has 4 heteroatoms. The number of alkyl halides is 1. The van der Waals surface area contributed by atoms with Crippen LogP contribution in [-0.4, -0.2) is 9.55 Å². The van der Waals surface area contributed by atoms with E-state index >= 15 is 0 Å². The van der Waals surface area contributed by atoms with Gasteiger partial charge in [0.25, 0.3) is 5.56 Å². The number of fused-ring (bicyclic) bond motifs is 1. The van der Waals surface area contributed by atoms with Gasteiger partial charge in [0.2, 0.25) is 0 Å². The summed E-state index contributed by atoms with van der Waals surface area (Å²) in [6.07, 6.45) is 2.34. The Morgan fingerprint density at radius 3 is 2.74 bits per heavy atom. The molecule has 0 amide bonds. The van der Waals surface area contributed by atoms with E-state index < -0.39 is 0 Å². The predicted molar refractivity (Wildman–Crippen MR) is 77.6 cm³/mol. The Morgan fingerprint density at radius 1 is 1.42 bits per heavy atom. The number of hydrogen-bond acceptors (Lipinski definition) is 2. The Balaban J connectivity index is 2.24. The van der Waals surface area contributed by atoms with E-state index in [1.165, 1.54) is 12.8 Å². The van der Waals surface area contributed by atoms with Crippen molar-refractivity contribution in [3.05, 3.63) is 40.4 Å². The molecule has 1 aliphatic rings. The highest BCUT2D eigenvalue weighted by Crippen LogP contribution is 2.46. The summed E-state index contributed by atoms with van der Waals surface area (Å²) >= 11 is 6.21. The van der Waals surface area contributed by atoms with Gasteiger partial charge in [0.15, 0.2) is 0 Å². The van der Waals surface area contributed by atoms with Crippen LogP contribution in [0.15, 0.2) is 29.1 Å². The molecule has 1 aliphatic carbocycles. The van der Waals surface area contributed by atoms with Crippen LogP contribution in [0.3, 0.4) is 0 Å². The van der Waals surface area contributed by atoms with E-state index in [9.17, 15) is 4.79 Å². The van der Waals surface area contributed by atoms with Crippen LogP contribution < -0.4 is 5.56 Å². The van der Waals surface area contributed by atoms with Crippen LogP contribution in [0.25, 0.3) is 10.9 Å². The molecular weight excluding hydrogens is 260 g/mol. The van der Waals surface area contributed by atoms with Crippen LogP contribution in [0.1, 0.15) is 37.9 Å². The van der Waals surface area contributed by atoms with Gasteiger partial charge in [-0.2, -0.15) is 0 Å². The van der Waals surface area contributed by atoms with Gasteiger partial charge in [0.05, 0.1) is 16.3 Å². The molecule has 0 bridgehead atoms. The third kappa shape index (κ3) is 2.27. The van der Waals surface area contributed by atoms with Gasteiger partial charge in [0.1, 0.15) is 5.82 Å². The zero-order valence-corrected chi connectivity index (χ0v) is 11.9. The van der Waals surface area contributed by atoms with Crippen molar-refractivity contribution in [2.75, 3.05) is 0 Å². The van der Waals surface area contributed by atoms with Gasteiger partial charge in [-0.15, -0.1) is 11.6 Å². The number of para-hydroxylation sites is 1. The molecule has 0 radical (unpaired) electrons. The lowest BCUT2D eigenvalue weighted by atomic mass is 10.1. The van der Waals surface area contributed by atoms with E-state index in [1.54, 1.807) is 4.57 Å². The lowest BCUT2D eigenvalue weighted by Gasteiger charge is -2.17. The van der Waals surface area contributed by atoms with Gasteiger partial charge in [-0.05, 0) is 37.3 Å². The van der Waals surface area contributed by atoms with Gasteiger partial charge in [-0.1, -0.05) is 19.1 Å². The van der Waals surface area contributed by atoms with E-state index in [1.807, 2.05) is 31.2 Å². The molecule has 0 N–H and O–H groups in total.